The highest BCUT2D eigenvalue weighted by Crippen LogP contribution is 2.36. The molecule has 0 spiro atoms. The molecule has 0 aliphatic carbocycles. The summed E-state index contributed by atoms with van der Waals surface area (Å²) >= 11 is 0. The van der Waals surface area contributed by atoms with Gasteiger partial charge in [0, 0.05) is 24.0 Å². The number of benzene rings is 2. The first-order valence-corrected chi connectivity index (χ1v) is 13.5. The summed E-state index contributed by atoms with van der Waals surface area (Å²) in [6, 6.07) is 5.95. The number of carbonyl (C=O) groups is 1. The minimum Gasteiger partial charge on any atom is -0.493 e. The molecule has 1 fully saturated rings. The normalized spacial score (nSPS) is 15.5. The number of nitrogens with one attached hydrogen (secondary N) is 2. The van der Waals surface area contributed by atoms with Gasteiger partial charge in [-0.15, -0.1) is 0 Å². The summed E-state index contributed by atoms with van der Waals surface area (Å²) in [7, 11) is 2.99. The number of aromatic nitrogens is 4. The quantitative estimate of drug-likeness (QED) is 0.176. The number of aryl methyl sites for hydroxylation is 1. The third kappa shape index (κ3) is 6.30. The standard InChI is InChI=1S/C28H29F3N6O7/c1-14-16-11-20(41-2)21(42-3)12-18(16)34-26(32-14)36-27-33-17-6-7-19(43-10-9-37-8-4-5-15(37)13-38)23(22(17)24(39)35-27)44-25(40)28(29,30)31/h6-7,11-12,15,38H,4-5,8-10,13H2,1-3H3,(H2,32,33,34,35,36,39). The fourth-order valence-corrected chi connectivity index (χ4v) is 5.05. The molecule has 3 N–H and O–H groups in total. The number of H-pyrrole nitrogens is 1. The van der Waals surface area contributed by atoms with E-state index in [1.165, 1.54) is 26.4 Å². The molecule has 5 rings (SSSR count). The smallest absolute Gasteiger partial charge is 0.491 e. The van der Waals surface area contributed by atoms with E-state index in [2.05, 4.69) is 30.0 Å². The van der Waals surface area contributed by atoms with Gasteiger partial charge in [-0.2, -0.15) is 13.2 Å². The Hall–Kier alpha value is -4.70. The lowest BCUT2D eigenvalue weighted by atomic mass is 10.1. The van der Waals surface area contributed by atoms with Crippen LogP contribution in [0.25, 0.3) is 21.8 Å². The third-order valence-corrected chi connectivity index (χ3v) is 7.18. The molecule has 1 saturated heterocycles. The number of carbonyl (C=O) groups excluding carboxylic acids is 1. The number of hydrogen-bond acceptors (Lipinski definition) is 12. The Morgan fingerprint density at radius 2 is 1.86 bits per heavy atom. The Kier molecular flexibility index (Phi) is 8.73. The summed E-state index contributed by atoms with van der Waals surface area (Å²) < 4.78 is 60.5. The Bertz CT molecular complexity index is 1760. The van der Waals surface area contributed by atoms with Crippen LogP contribution in [0.4, 0.5) is 25.1 Å². The molecule has 13 nitrogen and oxygen atoms in total. The Balaban J connectivity index is 1.48. The van der Waals surface area contributed by atoms with Gasteiger partial charge in [-0.25, -0.2) is 19.7 Å². The molecule has 44 heavy (non-hydrogen) atoms. The van der Waals surface area contributed by atoms with Gasteiger partial charge in [-0.1, -0.05) is 0 Å². The van der Waals surface area contributed by atoms with E-state index in [9.17, 15) is 27.9 Å². The van der Waals surface area contributed by atoms with Gasteiger partial charge in [0.2, 0.25) is 11.9 Å². The van der Waals surface area contributed by atoms with Crippen LogP contribution in [0.5, 0.6) is 23.0 Å². The van der Waals surface area contributed by atoms with Gasteiger partial charge in [-0.3, -0.25) is 20.0 Å². The van der Waals surface area contributed by atoms with Crippen LogP contribution >= 0.6 is 0 Å². The predicted molar refractivity (Wildman–Crippen MR) is 152 cm³/mol. The van der Waals surface area contributed by atoms with E-state index in [0.717, 1.165) is 19.4 Å². The van der Waals surface area contributed by atoms with Crippen LogP contribution in [0, 0.1) is 6.92 Å². The number of likely N-dealkylation sites (tertiary alicyclic amines) is 1. The van der Waals surface area contributed by atoms with Gasteiger partial charge in [-0.05, 0) is 44.5 Å². The molecule has 16 heteroatoms. The van der Waals surface area contributed by atoms with Crippen molar-refractivity contribution >= 4 is 39.7 Å². The first-order valence-electron chi connectivity index (χ1n) is 13.5. The molecular weight excluding hydrogens is 589 g/mol. The van der Waals surface area contributed by atoms with Crippen LogP contribution in [0.1, 0.15) is 18.5 Å². The van der Waals surface area contributed by atoms with Crippen molar-refractivity contribution in [3.63, 3.8) is 0 Å². The molecule has 1 atom stereocenters. The molecule has 234 valence electrons. The van der Waals surface area contributed by atoms with Gasteiger partial charge < -0.3 is 24.1 Å². The average Bonchev–Trinajstić information content (AvgIpc) is 3.44. The number of halogens is 3. The number of alkyl halides is 3. The van der Waals surface area contributed by atoms with E-state index >= 15 is 0 Å². The van der Waals surface area contributed by atoms with E-state index in [1.54, 1.807) is 19.1 Å². The van der Waals surface area contributed by atoms with Crippen LogP contribution < -0.4 is 29.8 Å². The molecule has 0 radical (unpaired) electrons. The number of hydrogen-bond donors (Lipinski definition) is 3. The topological polar surface area (TPSA) is 161 Å². The number of esters is 1. The number of aromatic amines is 1. The molecule has 1 unspecified atom stereocenters. The lowest BCUT2D eigenvalue weighted by molar-refractivity contribution is -0.189. The van der Waals surface area contributed by atoms with E-state index < -0.39 is 28.8 Å². The second-order valence-corrected chi connectivity index (χ2v) is 9.93. The molecule has 2 aromatic carbocycles. The number of fused-ring (bicyclic) bond motifs is 2. The monoisotopic (exact) mass is 618 g/mol. The van der Waals surface area contributed by atoms with Crippen LogP contribution in [0.15, 0.2) is 29.1 Å². The fraction of sp³-hybridized carbons (Fsp3) is 0.393. The van der Waals surface area contributed by atoms with Gasteiger partial charge in [0.15, 0.2) is 23.0 Å². The molecule has 0 bridgehead atoms. The van der Waals surface area contributed by atoms with Crippen molar-refractivity contribution in [1.82, 2.24) is 24.8 Å². The molecule has 2 aromatic heterocycles. The van der Waals surface area contributed by atoms with Crippen LogP contribution in [-0.4, -0.2) is 88.7 Å². The Morgan fingerprint density at radius 1 is 1.11 bits per heavy atom. The zero-order chi connectivity index (χ0) is 31.6. The highest BCUT2D eigenvalue weighted by molar-refractivity contribution is 5.91. The summed E-state index contributed by atoms with van der Waals surface area (Å²) in [5.74, 6) is -2.62. The van der Waals surface area contributed by atoms with Crippen molar-refractivity contribution in [2.45, 2.75) is 32.0 Å². The van der Waals surface area contributed by atoms with Crippen molar-refractivity contribution < 1.29 is 42.0 Å². The third-order valence-electron chi connectivity index (χ3n) is 7.18. The Labute approximate surface area is 247 Å². The van der Waals surface area contributed by atoms with Crippen LogP contribution in [-0.2, 0) is 4.79 Å². The highest BCUT2D eigenvalue weighted by atomic mass is 19.4. The molecule has 1 aliphatic heterocycles. The maximum absolute atomic E-state index is 13.2. The maximum atomic E-state index is 13.2. The maximum Gasteiger partial charge on any atom is 0.491 e. The molecular formula is C28H29F3N6O7. The van der Waals surface area contributed by atoms with E-state index in [1.807, 2.05) is 4.90 Å². The molecule has 1 aliphatic rings. The summed E-state index contributed by atoms with van der Waals surface area (Å²) in [5.41, 5.74) is 0.0845. The molecule has 0 amide bonds. The SMILES string of the molecule is COc1cc2nc(Nc3nc4ccc(OCCN5CCCC5CO)c(OC(=O)C(F)(F)F)c4c(=O)[nH]3)nc(C)c2cc1OC. The van der Waals surface area contributed by atoms with Crippen molar-refractivity contribution in [3.8, 4) is 23.0 Å². The highest BCUT2D eigenvalue weighted by Gasteiger charge is 2.42. The lowest BCUT2D eigenvalue weighted by Gasteiger charge is -2.23. The molecule has 4 aromatic rings. The number of nitrogens with zero attached hydrogens (tertiary/aromatic N) is 4. The molecule has 0 saturated carbocycles. The second kappa shape index (κ2) is 12.5. The average molecular weight is 619 g/mol. The van der Waals surface area contributed by atoms with Crippen molar-refractivity contribution in [2.75, 3.05) is 45.8 Å². The lowest BCUT2D eigenvalue weighted by Crippen LogP contribution is -2.35. The number of rotatable bonds is 10. The summed E-state index contributed by atoms with van der Waals surface area (Å²) in [5, 5.41) is 12.6. The fourth-order valence-electron chi connectivity index (χ4n) is 5.05. The molecule has 3 heterocycles. The first-order chi connectivity index (χ1) is 21.0. The Morgan fingerprint density at radius 3 is 2.57 bits per heavy atom. The summed E-state index contributed by atoms with van der Waals surface area (Å²) in [6.07, 6.45) is -3.63. The number of aliphatic hydroxyl groups is 1. The largest absolute Gasteiger partial charge is 0.493 e. The van der Waals surface area contributed by atoms with Crippen molar-refractivity contribution in [2.24, 2.45) is 0 Å². The van der Waals surface area contributed by atoms with E-state index in [-0.39, 0.29) is 42.4 Å². The van der Waals surface area contributed by atoms with Crippen LogP contribution in [0.3, 0.4) is 0 Å². The summed E-state index contributed by atoms with van der Waals surface area (Å²) in [4.78, 5) is 42.6. The number of ether oxygens (including phenoxy) is 4. The summed E-state index contributed by atoms with van der Waals surface area (Å²) in [6.45, 7) is 2.79. The zero-order valence-electron chi connectivity index (χ0n) is 23.9. The first kappa shape index (κ1) is 30.7. The van der Waals surface area contributed by atoms with Gasteiger partial charge in [0.25, 0.3) is 5.56 Å². The van der Waals surface area contributed by atoms with Gasteiger partial charge in [0.1, 0.15) is 12.0 Å². The predicted octanol–water partition coefficient (Wildman–Crippen LogP) is 3.24. The number of methoxy groups -OCH3 is 2. The minimum atomic E-state index is -5.33. The number of aliphatic hydroxyl groups excluding tert-OH is 1. The van der Waals surface area contributed by atoms with Gasteiger partial charge >= 0.3 is 12.1 Å². The van der Waals surface area contributed by atoms with Crippen LogP contribution in [0.2, 0.25) is 0 Å². The number of anilines is 2. The van der Waals surface area contributed by atoms with Crippen molar-refractivity contribution in [1.29, 1.82) is 0 Å². The van der Waals surface area contributed by atoms with Crippen molar-refractivity contribution in [3.05, 3.63) is 40.3 Å². The zero-order valence-corrected chi connectivity index (χ0v) is 23.9. The van der Waals surface area contributed by atoms with E-state index in [0.29, 0.717) is 34.6 Å². The van der Waals surface area contributed by atoms with Gasteiger partial charge in [0.05, 0.1) is 37.6 Å². The van der Waals surface area contributed by atoms with E-state index in [4.69, 9.17) is 14.2 Å². The minimum absolute atomic E-state index is 0.00113. The second-order valence-electron chi connectivity index (χ2n) is 9.93.